The molecule has 2 N–H and O–H groups in total. The average Bonchev–Trinajstić information content (AvgIpc) is 3.92. The molecule has 6 aromatic rings. The summed E-state index contributed by atoms with van der Waals surface area (Å²) < 4.78 is 23.3. The van der Waals surface area contributed by atoms with Crippen LogP contribution in [0.3, 0.4) is 0 Å². The van der Waals surface area contributed by atoms with Gasteiger partial charge in [-0.2, -0.15) is 0 Å². The number of likely N-dealkylation sites (tertiary alicyclic amines) is 1. The lowest BCUT2D eigenvalue weighted by atomic mass is 9.98. The second-order valence-corrected chi connectivity index (χ2v) is 15.4. The number of aromatic nitrogens is 6. The molecule has 8 rings (SSSR count). The van der Waals surface area contributed by atoms with Crippen molar-refractivity contribution in [3.8, 4) is 33.6 Å². The number of H-pyrrole nitrogens is 2. The van der Waals surface area contributed by atoms with E-state index >= 15 is 0 Å². The number of amides is 1. The first-order chi connectivity index (χ1) is 24.8. The van der Waals surface area contributed by atoms with Crippen LogP contribution in [0.4, 0.5) is 10.7 Å². The van der Waals surface area contributed by atoms with E-state index in [4.69, 9.17) is 18.3 Å². The molecule has 1 unspecified atom stereocenters. The third kappa shape index (κ3) is 6.15. The van der Waals surface area contributed by atoms with Gasteiger partial charge in [-0.05, 0) is 79.4 Å². The Balaban J connectivity index is 1.08. The molecule has 0 radical (unpaired) electrons. The summed E-state index contributed by atoms with van der Waals surface area (Å²) in [7, 11) is 0. The second-order valence-electron chi connectivity index (χ2n) is 15.4. The number of carbonyl (C=O) groups is 2. The van der Waals surface area contributed by atoms with Gasteiger partial charge in [0.2, 0.25) is 5.95 Å². The fraction of sp³-hybridized carbons (Fsp3) is 0.421. The molecule has 2 fully saturated rings. The molecule has 0 bridgehead atoms. The first-order valence-corrected chi connectivity index (χ1v) is 17.7. The van der Waals surface area contributed by atoms with Crippen LogP contribution in [0, 0.1) is 0 Å². The number of aromatic amines is 2. The maximum absolute atomic E-state index is 13.0. The van der Waals surface area contributed by atoms with Gasteiger partial charge < -0.3 is 33.2 Å². The smallest absolute Gasteiger partial charge is 0.410 e. The van der Waals surface area contributed by atoms with Crippen molar-refractivity contribution in [2.24, 2.45) is 0 Å². The van der Waals surface area contributed by atoms with E-state index in [2.05, 4.69) is 29.9 Å². The summed E-state index contributed by atoms with van der Waals surface area (Å²) in [6.45, 7) is 12.5. The molecule has 270 valence electrons. The van der Waals surface area contributed by atoms with Crippen LogP contribution in [0.25, 0.3) is 55.8 Å². The number of ether oxygens (including phenoxy) is 2. The fourth-order valence-corrected chi connectivity index (χ4v) is 7.22. The van der Waals surface area contributed by atoms with Gasteiger partial charge in [-0.15, -0.1) is 0 Å². The van der Waals surface area contributed by atoms with Crippen molar-refractivity contribution >= 4 is 40.2 Å². The van der Waals surface area contributed by atoms with Gasteiger partial charge in [0.25, 0.3) is 0 Å². The summed E-state index contributed by atoms with van der Waals surface area (Å²) in [4.78, 5) is 55.0. The first kappa shape index (κ1) is 33.5. The molecule has 2 aromatic carbocycles. The molecule has 0 saturated carbocycles. The zero-order valence-electron chi connectivity index (χ0n) is 30.1. The van der Waals surface area contributed by atoms with E-state index in [0.29, 0.717) is 53.5 Å². The number of nitrogens with one attached hydrogen (secondary N) is 2. The van der Waals surface area contributed by atoms with Gasteiger partial charge >= 0.3 is 12.1 Å². The summed E-state index contributed by atoms with van der Waals surface area (Å²) in [6, 6.07) is 7.31. The van der Waals surface area contributed by atoms with Gasteiger partial charge in [0, 0.05) is 35.3 Å². The van der Waals surface area contributed by atoms with E-state index in [1.54, 1.807) is 17.3 Å². The molecule has 52 heavy (non-hydrogen) atoms. The number of fused-ring (bicyclic) bond motifs is 2. The molecular formula is C38H42N8O6. The molecule has 2 atom stereocenters. The second kappa shape index (κ2) is 12.5. The Hall–Kier alpha value is -5.66. The largest absolute Gasteiger partial charge is 0.458 e. The molecule has 2 aliphatic rings. The highest BCUT2D eigenvalue weighted by molar-refractivity contribution is 6.06. The zero-order valence-corrected chi connectivity index (χ0v) is 30.1. The molecular weight excluding hydrogens is 664 g/mol. The Morgan fingerprint density at radius 2 is 1.31 bits per heavy atom. The number of anilines is 1. The van der Waals surface area contributed by atoms with Crippen LogP contribution >= 0.6 is 0 Å². The van der Waals surface area contributed by atoms with Crippen LogP contribution in [0.2, 0.25) is 0 Å². The van der Waals surface area contributed by atoms with Gasteiger partial charge in [-0.1, -0.05) is 12.1 Å². The van der Waals surface area contributed by atoms with Gasteiger partial charge in [0.15, 0.2) is 24.0 Å². The van der Waals surface area contributed by atoms with Gasteiger partial charge in [0.05, 0.1) is 29.8 Å². The Labute approximate surface area is 299 Å². The van der Waals surface area contributed by atoms with Crippen LogP contribution in [-0.2, 0) is 14.3 Å². The predicted molar refractivity (Wildman–Crippen MR) is 193 cm³/mol. The van der Waals surface area contributed by atoms with Crippen molar-refractivity contribution < 1.29 is 27.9 Å². The van der Waals surface area contributed by atoms with Crippen molar-refractivity contribution in [3.63, 3.8) is 0 Å². The Morgan fingerprint density at radius 3 is 1.94 bits per heavy atom. The molecule has 2 saturated heterocycles. The topological polar surface area (TPSA) is 168 Å². The fourth-order valence-electron chi connectivity index (χ4n) is 7.22. The lowest BCUT2D eigenvalue weighted by Crippen LogP contribution is -2.41. The van der Waals surface area contributed by atoms with Crippen LogP contribution in [0.5, 0.6) is 0 Å². The Bertz CT molecular complexity index is 2120. The lowest BCUT2D eigenvalue weighted by molar-refractivity contribution is -0.156. The van der Waals surface area contributed by atoms with Crippen molar-refractivity contribution in [1.29, 1.82) is 0 Å². The van der Waals surface area contributed by atoms with Crippen LogP contribution in [-0.4, -0.2) is 77.2 Å². The maximum atomic E-state index is 13.0. The standard InChI is InChI=1S/C38H42N8O6/c1-37(2,3)51-34(47)28-10-8-15-45(28)35-40-18-26(44-35)24-14-12-22(30-32(24)50-20-42-30)21-11-13-23(31-29(21)41-19-49-31)25-17-39-33(43-25)27-9-7-16-46(27)36(48)52-38(4,5)6/h11-14,17-20,27-28H,7-10,15-16H2,1-6H3,(H,39,43)(H,40,44)/t27-,28?/m0/s1. The Morgan fingerprint density at radius 1 is 0.731 bits per heavy atom. The summed E-state index contributed by atoms with van der Waals surface area (Å²) in [5.41, 5.74) is 6.07. The number of hydrogen-bond acceptors (Lipinski definition) is 11. The average molecular weight is 707 g/mol. The van der Waals surface area contributed by atoms with Crippen molar-refractivity contribution in [1.82, 2.24) is 34.8 Å². The molecule has 0 spiro atoms. The SMILES string of the molecule is CC(C)(C)OC(=O)C1CCCN1c1ncc(-c2ccc(-c3ccc(-c4cnc([C@@H]5CCCN5C(=O)OC(C)(C)C)[nH]4)c4ocnc34)c3ncoc23)[nH]1. The normalized spacial score (nSPS) is 18.2. The number of carbonyl (C=O) groups excluding carboxylic acids is 2. The molecule has 4 aromatic heterocycles. The number of nitrogens with zero attached hydrogens (tertiary/aromatic N) is 6. The summed E-state index contributed by atoms with van der Waals surface area (Å²) in [6.07, 6.45) is 9.25. The van der Waals surface area contributed by atoms with Crippen molar-refractivity contribution in [3.05, 3.63) is 55.3 Å². The number of imidazole rings is 2. The van der Waals surface area contributed by atoms with Gasteiger partial charge in [-0.25, -0.2) is 29.5 Å². The third-order valence-electron chi connectivity index (χ3n) is 9.40. The van der Waals surface area contributed by atoms with E-state index in [-0.39, 0.29) is 18.1 Å². The third-order valence-corrected chi connectivity index (χ3v) is 9.40. The van der Waals surface area contributed by atoms with E-state index in [9.17, 15) is 9.59 Å². The molecule has 14 heteroatoms. The number of oxazole rings is 2. The highest BCUT2D eigenvalue weighted by Crippen LogP contribution is 2.41. The Kier molecular flexibility index (Phi) is 8.07. The van der Waals surface area contributed by atoms with E-state index in [1.807, 2.05) is 70.7 Å². The minimum absolute atomic E-state index is 0.209. The molecule has 0 aliphatic carbocycles. The first-order valence-electron chi connectivity index (χ1n) is 17.7. The minimum Gasteiger partial charge on any atom is -0.458 e. The maximum Gasteiger partial charge on any atom is 0.410 e. The van der Waals surface area contributed by atoms with Crippen LogP contribution in [0.1, 0.15) is 79.1 Å². The molecule has 1 amide bonds. The van der Waals surface area contributed by atoms with Gasteiger partial charge in [-0.3, -0.25) is 4.90 Å². The number of hydrogen-bond donors (Lipinski definition) is 2. The monoisotopic (exact) mass is 706 g/mol. The van der Waals surface area contributed by atoms with E-state index in [0.717, 1.165) is 52.9 Å². The molecule has 14 nitrogen and oxygen atoms in total. The number of esters is 1. The highest BCUT2D eigenvalue weighted by Gasteiger charge is 2.37. The van der Waals surface area contributed by atoms with E-state index in [1.165, 1.54) is 12.8 Å². The van der Waals surface area contributed by atoms with Gasteiger partial charge in [0.1, 0.15) is 34.1 Å². The van der Waals surface area contributed by atoms with Crippen molar-refractivity contribution in [2.45, 2.75) is 90.5 Å². The predicted octanol–water partition coefficient (Wildman–Crippen LogP) is 7.80. The zero-order chi connectivity index (χ0) is 36.4. The summed E-state index contributed by atoms with van der Waals surface area (Å²) >= 11 is 0. The van der Waals surface area contributed by atoms with Crippen LogP contribution in [0.15, 0.2) is 58.3 Å². The summed E-state index contributed by atoms with van der Waals surface area (Å²) in [5, 5.41) is 0. The lowest BCUT2D eigenvalue weighted by Gasteiger charge is -2.27. The number of benzene rings is 2. The molecule has 2 aliphatic heterocycles. The highest BCUT2D eigenvalue weighted by atomic mass is 16.6. The number of rotatable bonds is 6. The minimum atomic E-state index is -0.583. The van der Waals surface area contributed by atoms with E-state index < -0.39 is 17.2 Å². The quantitative estimate of drug-likeness (QED) is 0.162. The van der Waals surface area contributed by atoms with Crippen LogP contribution < -0.4 is 4.90 Å². The molecule has 6 heterocycles. The summed E-state index contributed by atoms with van der Waals surface area (Å²) in [5.74, 6) is 1.05. The van der Waals surface area contributed by atoms with Crippen molar-refractivity contribution in [2.75, 3.05) is 18.0 Å².